The molecule has 0 radical (unpaired) electrons. The molecule has 0 spiro atoms. The first-order valence-electron chi connectivity index (χ1n) is 12.2. The molecule has 4 heterocycles. The van der Waals surface area contributed by atoms with Crippen LogP contribution in [-0.4, -0.2) is 70.9 Å². The molecule has 0 atom stereocenters. The van der Waals surface area contributed by atoms with E-state index < -0.39 is 0 Å². The summed E-state index contributed by atoms with van der Waals surface area (Å²) in [6, 6.07) is 9.71. The van der Waals surface area contributed by atoms with Crippen molar-refractivity contribution >= 4 is 40.2 Å². The zero-order valence-electron chi connectivity index (χ0n) is 20.4. The number of carbonyl (C=O) groups excluding carboxylic acids is 2. The van der Waals surface area contributed by atoms with Crippen molar-refractivity contribution in [1.82, 2.24) is 19.8 Å². The van der Waals surface area contributed by atoms with Gasteiger partial charge in [0.2, 0.25) is 0 Å². The van der Waals surface area contributed by atoms with Gasteiger partial charge in [-0.15, -0.1) is 22.7 Å². The maximum atomic E-state index is 13.1. The monoisotopic (exact) mass is 520 g/mol. The van der Waals surface area contributed by atoms with Crippen molar-refractivity contribution in [3.8, 4) is 6.07 Å². The van der Waals surface area contributed by atoms with Crippen LogP contribution in [0.5, 0.6) is 0 Å². The summed E-state index contributed by atoms with van der Waals surface area (Å²) in [5.74, 6) is 0.338. The third-order valence-corrected chi connectivity index (χ3v) is 8.97. The van der Waals surface area contributed by atoms with Crippen LogP contribution in [0.2, 0.25) is 0 Å². The fourth-order valence-electron chi connectivity index (χ4n) is 4.85. The molecule has 2 aliphatic heterocycles. The van der Waals surface area contributed by atoms with Gasteiger partial charge in [-0.3, -0.25) is 9.59 Å². The summed E-state index contributed by atoms with van der Waals surface area (Å²) in [4.78, 5) is 41.9. The molecular weight excluding hydrogens is 492 g/mol. The lowest BCUT2D eigenvalue weighted by atomic mass is 9.97. The first kappa shape index (κ1) is 24.4. The minimum Gasteiger partial charge on any atom is -0.368 e. The first-order chi connectivity index (χ1) is 17.4. The molecule has 1 aromatic carbocycles. The zero-order valence-corrected chi connectivity index (χ0v) is 22.1. The molecule has 10 heteroatoms. The van der Waals surface area contributed by atoms with Crippen molar-refractivity contribution in [3.05, 3.63) is 61.5 Å². The number of aryl methyl sites for hydroxylation is 2. The average Bonchev–Trinajstić information content (AvgIpc) is 3.54. The van der Waals surface area contributed by atoms with E-state index in [9.17, 15) is 9.59 Å². The third-order valence-electron chi connectivity index (χ3n) is 6.90. The highest BCUT2D eigenvalue weighted by molar-refractivity contribution is 7.13. The number of piperidine rings is 1. The van der Waals surface area contributed by atoms with Gasteiger partial charge in [0.15, 0.2) is 0 Å². The van der Waals surface area contributed by atoms with Crippen LogP contribution in [0.25, 0.3) is 0 Å². The summed E-state index contributed by atoms with van der Waals surface area (Å²) in [6.45, 7) is 7.99. The molecule has 3 aromatic rings. The number of hydrogen-bond donors (Lipinski definition) is 0. The van der Waals surface area contributed by atoms with Gasteiger partial charge in [-0.1, -0.05) is 0 Å². The fraction of sp³-hybridized carbons (Fsp3) is 0.423. The van der Waals surface area contributed by atoms with Crippen LogP contribution in [0.15, 0.2) is 29.6 Å². The number of amides is 2. The van der Waals surface area contributed by atoms with E-state index in [1.54, 1.807) is 11.3 Å². The van der Waals surface area contributed by atoms with Gasteiger partial charge in [0.25, 0.3) is 11.8 Å². The number of anilines is 1. The predicted molar refractivity (Wildman–Crippen MR) is 141 cm³/mol. The summed E-state index contributed by atoms with van der Waals surface area (Å²) in [5, 5.41) is 12.8. The number of rotatable bonds is 4. The van der Waals surface area contributed by atoms with Gasteiger partial charge in [0.1, 0.15) is 10.6 Å². The molecule has 186 valence electrons. The number of benzene rings is 1. The van der Waals surface area contributed by atoms with Gasteiger partial charge >= 0.3 is 0 Å². The Morgan fingerprint density at radius 3 is 2.22 bits per heavy atom. The first-order valence-corrected chi connectivity index (χ1v) is 13.9. The molecule has 8 nitrogen and oxygen atoms in total. The molecule has 2 saturated heterocycles. The lowest BCUT2D eigenvalue weighted by molar-refractivity contribution is 0.0716. The second-order valence-corrected chi connectivity index (χ2v) is 11.3. The van der Waals surface area contributed by atoms with Crippen LogP contribution in [-0.2, 0) is 0 Å². The molecule has 0 bridgehead atoms. The van der Waals surface area contributed by atoms with E-state index in [4.69, 9.17) is 10.2 Å². The van der Waals surface area contributed by atoms with Crippen LogP contribution >= 0.6 is 22.7 Å². The number of hydrogen-bond acceptors (Lipinski definition) is 8. The molecule has 5 rings (SSSR count). The summed E-state index contributed by atoms with van der Waals surface area (Å²) in [6.07, 6.45) is 1.71. The minimum atomic E-state index is -0.0133. The number of nitrogens with zero attached hydrogens (tertiary/aromatic N) is 6. The molecule has 0 unspecified atom stereocenters. The zero-order chi connectivity index (χ0) is 25.2. The predicted octanol–water partition coefficient (Wildman–Crippen LogP) is 4.07. The topological polar surface area (TPSA) is 93.4 Å². The van der Waals surface area contributed by atoms with Crippen LogP contribution in [0.1, 0.15) is 60.2 Å². The van der Waals surface area contributed by atoms with E-state index in [1.807, 2.05) is 53.3 Å². The Bertz CT molecular complexity index is 1290. The Labute approximate surface area is 218 Å². The van der Waals surface area contributed by atoms with Crippen LogP contribution in [0.3, 0.4) is 0 Å². The Balaban J connectivity index is 1.14. The highest BCUT2D eigenvalue weighted by Gasteiger charge is 2.30. The fourth-order valence-corrected chi connectivity index (χ4v) is 6.71. The highest BCUT2D eigenvalue weighted by Crippen LogP contribution is 2.32. The van der Waals surface area contributed by atoms with E-state index in [2.05, 4.69) is 16.0 Å². The van der Waals surface area contributed by atoms with E-state index in [1.165, 1.54) is 11.3 Å². The van der Waals surface area contributed by atoms with Crippen molar-refractivity contribution in [2.75, 3.05) is 44.2 Å². The maximum absolute atomic E-state index is 13.1. The molecular formula is C26H28N6O2S2. The number of nitriles is 1. The number of aromatic nitrogens is 2. The highest BCUT2D eigenvalue weighted by atomic mass is 32.1. The van der Waals surface area contributed by atoms with E-state index in [0.29, 0.717) is 37.4 Å². The van der Waals surface area contributed by atoms with E-state index in [-0.39, 0.29) is 17.7 Å². The van der Waals surface area contributed by atoms with Crippen molar-refractivity contribution in [1.29, 1.82) is 5.26 Å². The molecule has 36 heavy (non-hydrogen) atoms. The normalized spacial score (nSPS) is 16.8. The molecule has 0 saturated carbocycles. The summed E-state index contributed by atoms with van der Waals surface area (Å²) in [7, 11) is 0. The van der Waals surface area contributed by atoms with Crippen molar-refractivity contribution in [3.63, 3.8) is 0 Å². The number of carbonyl (C=O) groups is 2. The Kier molecular flexibility index (Phi) is 7.03. The largest absolute Gasteiger partial charge is 0.368 e. The summed E-state index contributed by atoms with van der Waals surface area (Å²) >= 11 is 3.02. The minimum absolute atomic E-state index is 0.0133. The van der Waals surface area contributed by atoms with Gasteiger partial charge in [-0.05, 0) is 51.0 Å². The number of piperazine rings is 1. The summed E-state index contributed by atoms with van der Waals surface area (Å²) in [5.41, 5.74) is 3.05. The standard InChI is InChI=1S/C26H28N6O2S2/c1-17-23(36-18(2)28-17)26(34)31-9-7-20(8-10-31)24-29-22(16-35-24)25(33)32-13-11-30(12-14-32)21-5-3-19(15-27)4-6-21/h3-6,16,20H,7-14H2,1-2H3. The summed E-state index contributed by atoms with van der Waals surface area (Å²) < 4.78 is 0. The third kappa shape index (κ3) is 4.99. The second kappa shape index (κ2) is 10.4. The maximum Gasteiger partial charge on any atom is 0.273 e. The van der Waals surface area contributed by atoms with Crippen LogP contribution in [0.4, 0.5) is 5.69 Å². The van der Waals surface area contributed by atoms with Gasteiger partial charge < -0.3 is 14.7 Å². The number of thiazole rings is 2. The van der Waals surface area contributed by atoms with Gasteiger partial charge in [0, 0.05) is 56.3 Å². The Hall–Kier alpha value is -3.29. The van der Waals surface area contributed by atoms with E-state index in [0.717, 1.165) is 52.2 Å². The van der Waals surface area contributed by atoms with Crippen molar-refractivity contribution < 1.29 is 9.59 Å². The molecule has 2 aliphatic rings. The molecule has 2 aromatic heterocycles. The van der Waals surface area contributed by atoms with E-state index >= 15 is 0 Å². The average molecular weight is 521 g/mol. The number of likely N-dealkylation sites (tertiary alicyclic amines) is 1. The van der Waals surface area contributed by atoms with Gasteiger partial charge in [0.05, 0.1) is 27.3 Å². The molecule has 2 fully saturated rings. The molecule has 0 aliphatic carbocycles. The molecule has 2 amide bonds. The van der Waals surface area contributed by atoms with Crippen LogP contribution < -0.4 is 4.90 Å². The SMILES string of the molecule is Cc1nc(C)c(C(=O)N2CCC(c3nc(C(=O)N4CCN(c5ccc(C#N)cc5)CC4)cs3)CC2)s1. The Morgan fingerprint density at radius 1 is 0.944 bits per heavy atom. The van der Waals surface area contributed by atoms with Crippen LogP contribution in [0, 0.1) is 25.2 Å². The van der Waals surface area contributed by atoms with Gasteiger partial charge in [-0.25, -0.2) is 9.97 Å². The lowest BCUT2D eigenvalue weighted by Crippen LogP contribution is -2.48. The Morgan fingerprint density at radius 2 is 1.61 bits per heavy atom. The van der Waals surface area contributed by atoms with Crippen molar-refractivity contribution in [2.24, 2.45) is 0 Å². The molecule has 0 N–H and O–H groups in total. The lowest BCUT2D eigenvalue weighted by Gasteiger charge is -2.35. The second-order valence-electron chi connectivity index (χ2n) is 9.22. The quantitative estimate of drug-likeness (QED) is 0.515. The smallest absolute Gasteiger partial charge is 0.273 e. The van der Waals surface area contributed by atoms with Gasteiger partial charge in [-0.2, -0.15) is 5.26 Å². The van der Waals surface area contributed by atoms with Crippen molar-refractivity contribution in [2.45, 2.75) is 32.6 Å².